The van der Waals surface area contributed by atoms with Gasteiger partial charge in [-0.2, -0.15) is 0 Å². The standard InChI is InChI=1S/C23H39N/c1-4-6-7-8-9-10-12-19-15-16-22-20(17-19)13-11-14-21(22)18-23(3,24)5-2/h15-17,21H,4-14,18,24H2,1-3H3. The molecule has 1 heteroatoms. The molecule has 2 N–H and O–H groups in total. The van der Waals surface area contributed by atoms with E-state index < -0.39 is 0 Å². The molecular weight excluding hydrogens is 290 g/mol. The van der Waals surface area contributed by atoms with Crippen LogP contribution in [0.5, 0.6) is 0 Å². The Hall–Kier alpha value is -0.820. The minimum Gasteiger partial charge on any atom is -0.325 e. The second-order valence-electron chi connectivity index (χ2n) is 8.35. The molecule has 1 nitrogen and oxygen atoms in total. The quantitative estimate of drug-likeness (QED) is 0.485. The van der Waals surface area contributed by atoms with E-state index in [1.165, 1.54) is 64.2 Å². The summed E-state index contributed by atoms with van der Waals surface area (Å²) in [6.45, 7) is 6.72. The van der Waals surface area contributed by atoms with Gasteiger partial charge in [0.1, 0.15) is 0 Å². The molecule has 1 aliphatic carbocycles. The summed E-state index contributed by atoms with van der Waals surface area (Å²) in [6, 6.07) is 7.33. The Labute approximate surface area is 150 Å². The van der Waals surface area contributed by atoms with Crippen molar-refractivity contribution in [2.24, 2.45) is 5.73 Å². The number of benzene rings is 1. The van der Waals surface area contributed by atoms with E-state index in [0.717, 1.165) is 12.8 Å². The van der Waals surface area contributed by atoms with Crippen LogP contribution in [0.2, 0.25) is 0 Å². The molecule has 1 aromatic rings. The lowest BCUT2D eigenvalue weighted by molar-refractivity contribution is 0.357. The number of aryl methyl sites for hydroxylation is 2. The van der Waals surface area contributed by atoms with E-state index in [0.29, 0.717) is 5.92 Å². The molecule has 0 fully saturated rings. The van der Waals surface area contributed by atoms with Gasteiger partial charge in [-0.05, 0) is 74.5 Å². The molecule has 24 heavy (non-hydrogen) atoms. The first-order chi connectivity index (χ1) is 11.6. The molecule has 0 amide bonds. The first-order valence-corrected chi connectivity index (χ1v) is 10.5. The average molecular weight is 330 g/mol. The van der Waals surface area contributed by atoms with Crippen molar-refractivity contribution in [2.45, 2.75) is 109 Å². The Balaban J connectivity index is 1.90. The van der Waals surface area contributed by atoms with Crippen LogP contribution in [0.1, 0.15) is 108 Å². The van der Waals surface area contributed by atoms with E-state index in [1.807, 2.05) is 0 Å². The summed E-state index contributed by atoms with van der Waals surface area (Å²) in [5, 5.41) is 0. The number of hydrogen-bond acceptors (Lipinski definition) is 1. The highest BCUT2D eigenvalue weighted by Crippen LogP contribution is 2.37. The smallest absolute Gasteiger partial charge is 0.0129 e. The van der Waals surface area contributed by atoms with Crippen molar-refractivity contribution in [3.63, 3.8) is 0 Å². The highest BCUT2D eigenvalue weighted by atomic mass is 14.7. The second kappa shape index (κ2) is 9.61. The number of fused-ring (bicyclic) bond motifs is 1. The van der Waals surface area contributed by atoms with Crippen LogP contribution in [-0.4, -0.2) is 5.54 Å². The largest absolute Gasteiger partial charge is 0.325 e. The monoisotopic (exact) mass is 329 g/mol. The molecule has 2 rings (SSSR count). The van der Waals surface area contributed by atoms with Gasteiger partial charge in [-0.1, -0.05) is 64.2 Å². The molecule has 0 radical (unpaired) electrons. The van der Waals surface area contributed by atoms with Crippen LogP contribution in [0.4, 0.5) is 0 Å². The van der Waals surface area contributed by atoms with E-state index in [1.54, 1.807) is 16.7 Å². The average Bonchev–Trinajstić information content (AvgIpc) is 2.58. The maximum absolute atomic E-state index is 6.45. The molecule has 0 aliphatic heterocycles. The predicted octanol–water partition coefficient (Wildman–Crippen LogP) is 6.53. The molecule has 1 aliphatic rings. The minimum atomic E-state index is -0.0174. The third kappa shape index (κ3) is 5.92. The fraction of sp³-hybridized carbons (Fsp3) is 0.739. The Kier molecular flexibility index (Phi) is 7.81. The zero-order valence-electron chi connectivity index (χ0n) is 16.4. The SMILES string of the molecule is CCCCCCCCc1ccc2c(c1)CCCC2CC(C)(N)CC. The summed E-state index contributed by atoms with van der Waals surface area (Å²) < 4.78 is 0. The van der Waals surface area contributed by atoms with E-state index in [2.05, 4.69) is 39.0 Å². The molecule has 0 spiro atoms. The van der Waals surface area contributed by atoms with Crippen LogP contribution in [0.25, 0.3) is 0 Å². The first-order valence-electron chi connectivity index (χ1n) is 10.5. The number of unbranched alkanes of at least 4 members (excludes halogenated alkanes) is 5. The van der Waals surface area contributed by atoms with E-state index in [4.69, 9.17) is 5.73 Å². The third-order valence-electron chi connectivity index (χ3n) is 5.99. The Morgan fingerprint density at radius 2 is 1.83 bits per heavy atom. The van der Waals surface area contributed by atoms with Crippen molar-refractivity contribution in [3.05, 3.63) is 34.9 Å². The minimum absolute atomic E-state index is 0.0174. The van der Waals surface area contributed by atoms with Crippen molar-refractivity contribution in [2.75, 3.05) is 0 Å². The molecule has 136 valence electrons. The molecule has 0 heterocycles. The van der Waals surface area contributed by atoms with Gasteiger partial charge in [-0.25, -0.2) is 0 Å². The predicted molar refractivity (Wildman–Crippen MR) is 107 cm³/mol. The Bertz CT molecular complexity index is 489. The van der Waals surface area contributed by atoms with Crippen molar-refractivity contribution < 1.29 is 0 Å². The van der Waals surface area contributed by atoms with Gasteiger partial charge in [0, 0.05) is 5.54 Å². The van der Waals surface area contributed by atoms with Crippen LogP contribution < -0.4 is 5.73 Å². The number of nitrogens with two attached hydrogens (primary N) is 1. The van der Waals surface area contributed by atoms with E-state index >= 15 is 0 Å². The third-order valence-corrected chi connectivity index (χ3v) is 5.99. The Morgan fingerprint density at radius 1 is 1.08 bits per heavy atom. The van der Waals surface area contributed by atoms with Crippen LogP contribution >= 0.6 is 0 Å². The fourth-order valence-electron chi connectivity index (χ4n) is 4.15. The summed E-state index contributed by atoms with van der Waals surface area (Å²) in [7, 11) is 0. The lowest BCUT2D eigenvalue weighted by Gasteiger charge is -2.33. The Morgan fingerprint density at radius 3 is 2.58 bits per heavy atom. The van der Waals surface area contributed by atoms with Gasteiger partial charge in [-0.15, -0.1) is 0 Å². The molecule has 0 bridgehead atoms. The van der Waals surface area contributed by atoms with Gasteiger partial charge in [0.25, 0.3) is 0 Å². The van der Waals surface area contributed by atoms with Gasteiger partial charge in [0.2, 0.25) is 0 Å². The summed E-state index contributed by atoms with van der Waals surface area (Å²) in [4.78, 5) is 0. The summed E-state index contributed by atoms with van der Waals surface area (Å²) in [5.74, 6) is 0.673. The number of rotatable bonds is 10. The lowest BCUT2D eigenvalue weighted by atomic mass is 9.75. The van der Waals surface area contributed by atoms with E-state index in [-0.39, 0.29) is 5.54 Å². The maximum atomic E-state index is 6.45. The maximum Gasteiger partial charge on any atom is 0.0129 e. The normalized spacial score (nSPS) is 19.8. The first kappa shape index (κ1) is 19.5. The summed E-state index contributed by atoms with van der Waals surface area (Å²) >= 11 is 0. The van der Waals surface area contributed by atoms with Crippen LogP contribution in [0.3, 0.4) is 0 Å². The molecule has 0 saturated carbocycles. The van der Waals surface area contributed by atoms with Gasteiger partial charge < -0.3 is 5.73 Å². The van der Waals surface area contributed by atoms with Gasteiger partial charge in [0.15, 0.2) is 0 Å². The van der Waals surface area contributed by atoms with Gasteiger partial charge in [-0.3, -0.25) is 0 Å². The van der Waals surface area contributed by atoms with Crippen molar-refractivity contribution in [1.29, 1.82) is 0 Å². The zero-order valence-corrected chi connectivity index (χ0v) is 16.4. The topological polar surface area (TPSA) is 26.0 Å². The molecule has 0 saturated heterocycles. The van der Waals surface area contributed by atoms with Crippen LogP contribution in [0, 0.1) is 0 Å². The molecule has 2 atom stereocenters. The summed E-state index contributed by atoms with van der Waals surface area (Å²) in [6.07, 6.45) is 15.7. The van der Waals surface area contributed by atoms with Crippen molar-refractivity contribution in [1.82, 2.24) is 0 Å². The second-order valence-corrected chi connectivity index (χ2v) is 8.35. The molecule has 2 unspecified atom stereocenters. The molecule has 0 aromatic heterocycles. The highest BCUT2D eigenvalue weighted by molar-refractivity contribution is 5.37. The van der Waals surface area contributed by atoms with Gasteiger partial charge >= 0.3 is 0 Å². The highest BCUT2D eigenvalue weighted by Gasteiger charge is 2.27. The van der Waals surface area contributed by atoms with E-state index in [9.17, 15) is 0 Å². The number of hydrogen-bond donors (Lipinski definition) is 1. The summed E-state index contributed by atoms with van der Waals surface area (Å²) in [5.41, 5.74) is 11.2. The van der Waals surface area contributed by atoms with Crippen LogP contribution in [0.15, 0.2) is 18.2 Å². The van der Waals surface area contributed by atoms with Gasteiger partial charge in [0.05, 0.1) is 0 Å². The molecular formula is C23H39N. The fourth-order valence-corrected chi connectivity index (χ4v) is 4.15. The molecule has 1 aromatic carbocycles. The van der Waals surface area contributed by atoms with Crippen LogP contribution in [-0.2, 0) is 12.8 Å². The zero-order chi connectivity index (χ0) is 17.4. The van der Waals surface area contributed by atoms with Crippen molar-refractivity contribution in [3.8, 4) is 0 Å². The van der Waals surface area contributed by atoms with Crippen molar-refractivity contribution >= 4 is 0 Å². The lowest BCUT2D eigenvalue weighted by Crippen LogP contribution is -2.37.